The van der Waals surface area contributed by atoms with E-state index < -0.39 is 5.41 Å². The summed E-state index contributed by atoms with van der Waals surface area (Å²) in [6, 6.07) is 5.87. The van der Waals surface area contributed by atoms with Gasteiger partial charge in [-0.05, 0) is 44.2 Å². The molecule has 1 aromatic carbocycles. The maximum Gasteiger partial charge on any atom is 0.240 e. The topological polar surface area (TPSA) is 58.2 Å². The third-order valence-corrected chi connectivity index (χ3v) is 3.92. The molecule has 0 aliphatic heterocycles. The van der Waals surface area contributed by atoms with Crippen LogP contribution in [0.5, 0.6) is 0 Å². The van der Waals surface area contributed by atoms with Crippen molar-refractivity contribution in [2.24, 2.45) is 11.3 Å². The van der Waals surface area contributed by atoms with Crippen molar-refractivity contribution in [3.05, 3.63) is 29.3 Å². The monoisotopic (exact) mass is 288 g/mol. The van der Waals surface area contributed by atoms with Gasteiger partial charge in [0.2, 0.25) is 11.8 Å². The molecule has 0 aromatic heterocycles. The van der Waals surface area contributed by atoms with Crippen molar-refractivity contribution in [3.63, 3.8) is 0 Å². The summed E-state index contributed by atoms with van der Waals surface area (Å²) >= 11 is 0. The zero-order chi connectivity index (χ0) is 15.6. The molecular weight excluding hydrogens is 264 g/mol. The summed E-state index contributed by atoms with van der Waals surface area (Å²) in [5.74, 6) is 0.0568. The molecule has 1 fully saturated rings. The summed E-state index contributed by atoms with van der Waals surface area (Å²) in [6.07, 6.45) is 1.27. The van der Waals surface area contributed by atoms with Crippen LogP contribution in [0.1, 0.15) is 37.8 Å². The number of hydrogen-bond donors (Lipinski definition) is 2. The van der Waals surface area contributed by atoms with Gasteiger partial charge < -0.3 is 10.6 Å². The van der Waals surface area contributed by atoms with Gasteiger partial charge in [0.15, 0.2) is 0 Å². The molecule has 1 aliphatic carbocycles. The lowest BCUT2D eigenvalue weighted by Crippen LogP contribution is -2.41. The minimum absolute atomic E-state index is 0.140. The molecule has 2 amide bonds. The Morgan fingerprint density at radius 3 is 2.38 bits per heavy atom. The van der Waals surface area contributed by atoms with E-state index in [0.29, 0.717) is 25.3 Å². The van der Waals surface area contributed by atoms with E-state index in [0.717, 1.165) is 16.8 Å². The van der Waals surface area contributed by atoms with Crippen LogP contribution in [-0.4, -0.2) is 18.4 Å². The van der Waals surface area contributed by atoms with E-state index in [1.807, 2.05) is 45.9 Å². The number of hydrogen-bond acceptors (Lipinski definition) is 2. The Morgan fingerprint density at radius 2 is 1.86 bits per heavy atom. The van der Waals surface area contributed by atoms with Crippen molar-refractivity contribution in [2.45, 2.75) is 40.5 Å². The second-order valence-electron chi connectivity index (χ2n) is 6.46. The predicted octanol–water partition coefficient (Wildman–Crippen LogP) is 2.79. The molecule has 0 bridgehead atoms. The highest BCUT2D eigenvalue weighted by atomic mass is 16.2. The lowest BCUT2D eigenvalue weighted by Gasteiger charge is -2.17. The van der Waals surface area contributed by atoms with Gasteiger partial charge in [0.25, 0.3) is 0 Å². The highest BCUT2D eigenvalue weighted by molar-refractivity contribution is 6.13. The molecule has 114 valence electrons. The van der Waals surface area contributed by atoms with Gasteiger partial charge in [-0.25, -0.2) is 0 Å². The number of aryl methyl sites for hydroxylation is 2. The molecule has 0 radical (unpaired) electrons. The predicted molar refractivity (Wildman–Crippen MR) is 84.1 cm³/mol. The SMILES string of the molecule is Cc1ccc(NC(=O)C2(C(=O)NCC(C)C)CC2)c(C)c1. The number of benzene rings is 1. The molecule has 2 rings (SSSR count). The number of rotatable bonds is 5. The minimum Gasteiger partial charge on any atom is -0.355 e. The average Bonchev–Trinajstić information content (AvgIpc) is 3.20. The maximum absolute atomic E-state index is 12.4. The quantitative estimate of drug-likeness (QED) is 0.819. The first-order valence-corrected chi connectivity index (χ1v) is 7.52. The normalized spacial score (nSPS) is 15.7. The zero-order valence-corrected chi connectivity index (χ0v) is 13.2. The van der Waals surface area contributed by atoms with Crippen LogP contribution >= 0.6 is 0 Å². The smallest absolute Gasteiger partial charge is 0.240 e. The van der Waals surface area contributed by atoms with E-state index in [1.165, 1.54) is 0 Å². The van der Waals surface area contributed by atoms with Crippen LogP contribution < -0.4 is 10.6 Å². The Labute approximate surface area is 126 Å². The molecule has 1 aliphatic rings. The number of carbonyl (C=O) groups excluding carboxylic acids is 2. The molecular formula is C17H24N2O2. The number of anilines is 1. The molecule has 2 N–H and O–H groups in total. The van der Waals surface area contributed by atoms with Gasteiger partial charge in [-0.2, -0.15) is 0 Å². The van der Waals surface area contributed by atoms with Crippen molar-refractivity contribution < 1.29 is 9.59 Å². The maximum atomic E-state index is 12.4. The van der Waals surface area contributed by atoms with Gasteiger partial charge in [-0.1, -0.05) is 31.5 Å². The molecule has 0 heterocycles. The van der Waals surface area contributed by atoms with Gasteiger partial charge in [-0.3, -0.25) is 9.59 Å². The van der Waals surface area contributed by atoms with Crippen LogP contribution in [0.15, 0.2) is 18.2 Å². The largest absolute Gasteiger partial charge is 0.355 e. The second-order valence-corrected chi connectivity index (χ2v) is 6.46. The van der Waals surface area contributed by atoms with Crippen molar-refractivity contribution in [3.8, 4) is 0 Å². The lowest BCUT2D eigenvalue weighted by atomic mass is 10.0. The number of amides is 2. The highest BCUT2D eigenvalue weighted by Gasteiger charge is 2.56. The number of nitrogens with one attached hydrogen (secondary N) is 2. The summed E-state index contributed by atoms with van der Waals surface area (Å²) in [5, 5.41) is 5.78. The van der Waals surface area contributed by atoms with E-state index in [1.54, 1.807) is 0 Å². The Kier molecular flexibility index (Phi) is 4.35. The van der Waals surface area contributed by atoms with Crippen molar-refractivity contribution in [2.75, 3.05) is 11.9 Å². The van der Waals surface area contributed by atoms with Crippen LogP contribution in [0.2, 0.25) is 0 Å². The fourth-order valence-electron chi connectivity index (χ4n) is 2.34. The van der Waals surface area contributed by atoms with E-state index in [9.17, 15) is 9.59 Å². The Balaban J connectivity index is 2.04. The molecule has 0 unspecified atom stereocenters. The molecule has 0 saturated heterocycles. The first-order valence-electron chi connectivity index (χ1n) is 7.52. The third-order valence-electron chi connectivity index (χ3n) is 3.92. The first kappa shape index (κ1) is 15.5. The summed E-state index contributed by atoms with van der Waals surface area (Å²) in [5.41, 5.74) is 2.10. The standard InChI is InChI=1S/C17H24N2O2/c1-11(2)10-18-15(20)17(7-8-17)16(21)19-14-6-5-12(3)9-13(14)4/h5-6,9,11H,7-8,10H2,1-4H3,(H,18,20)(H,19,21). The van der Waals surface area contributed by atoms with Crippen LogP contribution in [0.4, 0.5) is 5.69 Å². The second kappa shape index (κ2) is 5.88. The summed E-state index contributed by atoms with van der Waals surface area (Å²) < 4.78 is 0. The van der Waals surface area contributed by atoms with Crippen molar-refractivity contribution in [1.29, 1.82) is 0 Å². The Hall–Kier alpha value is -1.84. The molecule has 4 heteroatoms. The fraction of sp³-hybridized carbons (Fsp3) is 0.529. The molecule has 0 atom stereocenters. The lowest BCUT2D eigenvalue weighted by molar-refractivity contribution is -0.134. The Bertz CT molecular complexity index is 560. The van der Waals surface area contributed by atoms with Gasteiger partial charge >= 0.3 is 0 Å². The minimum atomic E-state index is -0.855. The molecule has 4 nitrogen and oxygen atoms in total. The highest BCUT2D eigenvalue weighted by Crippen LogP contribution is 2.47. The van der Waals surface area contributed by atoms with E-state index in [4.69, 9.17) is 0 Å². The van der Waals surface area contributed by atoms with Gasteiger partial charge in [0, 0.05) is 12.2 Å². The van der Waals surface area contributed by atoms with E-state index in [2.05, 4.69) is 10.6 Å². The van der Waals surface area contributed by atoms with Crippen LogP contribution in [0.25, 0.3) is 0 Å². The van der Waals surface area contributed by atoms with Gasteiger partial charge in [0.05, 0.1) is 0 Å². The van der Waals surface area contributed by atoms with Crippen LogP contribution in [0.3, 0.4) is 0 Å². The van der Waals surface area contributed by atoms with Crippen molar-refractivity contribution >= 4 is 17.5 Å². The zero-order valence-electron chi connectivity index (χ0n) is 13.2. The van der Waals surface area contributed by atoms with E-state index in [-0.39, 0.29) is 11.8 Å². The number of carbonyl (C=O) groups is 2. The summed E-state index contributed by atoms with van der Waals surface area (Å²) in [6.45, 7) is 8.66. The third kappa shape index (κ3) is 3.43. The Morgan fingerprint density at radius 1 is 1.19 bits per heavy atom. The van der Waals surface area contributed by atoms with Crippen LogP contribution in [-0.2, 0) is 9.59 Å². The molecule has 1 aromatic rings. The first-order chi connectivity index (χ1) is 9.85. The average molecular weight is 288 g/mol. The summed E-state index contributed by atoms with van der Waals surface area (Å²) in [4.78, 5) is 24.7. The molecule has 0 spiro atoms. The molecule has 21 heavy (non-hydrogen) atoms. The van der Waals surface area contributed by atoms with Crippen LogP contribution in [0, 0.1) is 25.2 Å². The van der Waals surface area contributed by atoms with Crippen molar-refractivity contribution in [1.82, 2.24) is 5.32 Å². The van der Waals surface area contributed by atoms with Gasteiger partial charge in [0.1, 0.15) is 5.41 Å². The van der Waals surface area contributed by atoms with E-state index >= 15 is 0 Å². The van der Waals surface area contributed by atoms with Gasteiger partial charge in [-0.15, -0.1) is 0 Å². The molecule has 1 saturated carbocycles. The fourth-order valence-corrected chi connectivity index (χ4v) is 2.34. The summed E-state index contributed by atoms with van der Waals surface area (Å²) in [7, 11) is 0.